The van der Waals surface area contributed by atoms with Gasteiger partial charge in [0.25, 0.3) is 0 Å². The standard InChI is InChI=1S/C11H21N3/c1-11(5-3-2-4-6-11)9-14-10-12-7-8-13-10/h2-9H2,1H3,(H2,12,13,14). The summed E-state index contributed by atoms with van der Waals surface area (Å²) in [5, 5.41) is 6.68. The molecule has 0 amide bonds. The van der Waals surface area contributed by atoms with Crippen molar-refractivity contribution in [3.8, 4) is 0 Å². The van der Waals surface area contributed by atoms with Gasteiger partial charge in [-0.3, -0.25) is 4.99 Å². The molecule has 0 saturated heterocycles. The number of rotatable bonds is 2. The molecule has 1 fully saturated rings. The van der Waals surface area contributed by atoms with E-state index in [-0.39, 0.29) is 0 Å². The SMILES string of the molecule is CC1(CNC2=NCCN2)CCCCC1. The Hall–Kier alpha value is -0.730. The fourth-order valence-corrected chi connectivity index (χ4v) is 2.40. The Morgan fingerprint density at radius 1 is 1.36 bits per heavy atom. The van der Waals surface area contributed by atoms with E-state index < -0.39 is 0 Å². The highest BCUT2D eigenvalue weighted by Crippen LogP contribution is 2.34. The number of guanidine groups is 1. The smallest absolute Gasteiger partial charge is 0.191 e. The molecule has 0 aromatic carbocycles. The molecular formula is C11H21N3. The van der Waals surface area contributed by atoms with Gasteiger partial charge < -0.3 is 10.6 Å². The monoisotopic (exact) mass is 195 g/mol. The van der Waals surface area contributed by atoms with E-state index in [2.05, 4.69) is 22.5 Å². The minimum atomic E-state index is 0.505. The maximum atomic E-state index is 4.35. The van der Waals surface area contributed by atoms with Crippen LogP contribution in [0.5, 0.6) is 0 Å². The summed E-state index contributed by atoms with van der Waals surface area (Å²) >= 11 is 0. The summed E-state index contributed by atoms with van der Waals surface area (Å²) in [6, 6.07) is 0. The highest BCUT2D eigenvalue weighted by atomic mass is 15.2. The van der Waals surface area contributed by atoms with Crippen LogP contribution in [0.2, 0.25) is 0 Å². The average molecular weight is 195 g/mol. The molecule has 1 saturated carbocycles. The third kappa shape index (κ3) is 2.40. The van der Waals surface area contributed by atoms with E-state index in [0.29, 0.717) is 5.41 Å². The van der Waals surface area contributed by atoms with E-state index in [1.165, 1.54) is 32.1 Å². The lowest BCUT2D eigenvalue weighted by Crippen LogP contribution is -2.41. The second-order valence-corrected chi connectivity index (χ2v) is 4.88. The van der Waals surface area contributed by atoms with Gasteiger partial charge in [0, 0.05) is 13.1 Å². The normalized spacial score (nSPS) is 25.4. The molecule has 0 atom stereocenters. The summed E-state index contributed by atoms with van der Waals surface area (Å²) in [6.45, 7) is 5.41. The molecule has 1 aliphatic carbocycles. The number of hydrogen-bond acceptors (Lipinski definition) is 3. The lowest BCUT2D eigenvalue weighted by Gasteiger charge is -2.33. The van der Waals surface area contributed by atoms with E-state index in [1.807, 2.05) is 0 Å². The maximum absolute atomic E-state index is 4.35. The van der Waals surface area contributed by atoms with Crippen LogP contribution in [0, 0.1) is 5.41 Å². The molecule has 1 aliphatic heterocycles. The summed E-state index contributed by atoms with van der Waals surface area (Å²) in [6.07, 6.45) is 6.96. The first kappa shape index (κ1) is 9.81. The Bertz CT molecular complexity index is 217. The van der Waals surface area contributed by atoms with E-state index in [0.717, 1.165) is 25.6 Å². The lowest BCUT2D eigenvalue weighted by molar-refractivity contribution is 0.217. The fourth-order valence-electron chi connectivity index (χ4n) is 2.40. The molecule has 0 unspecified atom stereocenters. The van der Waals surface area contributed by atoms with Gasteiger partial charge in [-0.25, -0.2) is 0 Å². The van der Waals surface area contributed by atoms with Crippen LogP contribution >= 0.6 is 0 Å². The van der Waals surface area contributed by atoms with Gasteiger partial charge >= 0.3 is 0 Å². The van der Waals surface area contributed by atoms with Crippen LogP contribution < -0.4 is 10.6 Å². The third-order valence-electron chi connectivity index (χ3n) is 3.42. The Balaban J connectivity index is 1.77. The molecule has 2 rings (SSSR count). The lowest BCUT2D eigenvalue weighted by atomic mass is 9.76. The van der Waals surface area contributed by atoms with E-state index in [1.54, 1.807) is 0 Å². The van der Waals surface area contributed by atoms with Crippen LogP contribution in [0.25, 0.3) is 0 Å². The quantitative estimate of drug-likeness (QED) is 0.700. The second kappa shape index (κ2) is 4.20. The van der Waals surface area contributed by atoms with Gasteiger partial charge in [-0.2, -0.15) is 0 Å². The van der Waals surface area contributed by atoms with E-state index in [4.69, 9.17) is 0 Å². The minimum Gasteiger partial charge on any atom is -0.356 e. The van der Waals surface area contributed by atoms with Crippen LogP contribution in [-0.4, -0.2) is 25.6 Å². The van der Waals surface area contributed by atoms with Gasteiger partial charge in [0.1, 0.15) is 0 Å². The van der Waals surface area contributed by atoms with Gasteiger partial charge in [0.05, 0.1) is 6.54 Å². The Morgan fingerprint density at radius 3 is 2.79 bits per heavy atom. The summed E-state index contributed by atoms with van der Waals surface area (Å²) in [7, 11) is 0. The maximum Gasteiger partial charge on any atom is 0.191 e. The first-order valence-electron chi connectivity index (χ1n) is 5.81. The van der Waals surface area contributed by atoms with Crippen molar-refractivity contribution in [2.75, 3.05) is 19.6 Å². The molecular weight excluding hydrogens is 174 g/mol. The van der Waals surface area contributed by atoms with Crippen molar-refractivity contribution in [3.05, 3.63) is 0 Å². The second-order valence-electron chi connectivity index (χ2n) is 4.88. The molecule has 2 aliphatic rings. The predicted molar refractivity (Wildman–Crippen MR) is 59.5 cm³/mol. The predicted octanol–water partition coefficient (Wildman–Crippen LogP) is 1.51. The van der Waals surface area contributed by atoms with Crippen LogP contribution in [0.15, 0.2) is 4.99 Å². The molecule has 0 bridgehead atoms. The molecule has 0 radical (unpaired) electrons. The highest BCUT2D eigenvalue weighted by Gasteiger charge is 2.26. The molecule has 0 aromatic heterocycles. The van der Waals surface area contributed by atoms with Crippen molar-refractivity contribution < 1.29 is 0 Å². The number of aliphatic imine (C=N–C) groups is 1. The van der Waals surface area contributed by atoms with Crippen molar-refractivity contribution in [3.63, 3.8) is 0 Å². The Labute approximate surface area is 86.4 Å². The molecule has 0 spiro atoms. The highest BCUT2D eigenvalue weighted by molar-refractivity contribution is 5.81. The average Bonchev–Trinajstić information content (AvgIpc) is 2.69. The van der Waals surface area contributed by atoms with Gasteiger partial charge in [0.2, 0.25) is 0 Å². The van der Waals surface area contributed by atoms with E-state index >= 15 is 0 Å². The first-order chi connectivity index (χ1) is 6.79. The van der Waals surface area contributed by atoms with Gasteiger partial charge in [0.15, 0.2) is 5.96 Å². The number of nitrogens with one attached hydrogen (secondary N) is 2. The number of nitrogens with zero attached hydrogens (tertiary/aromatic N) is 1. The van der Waals surface area contributed by atoms with Gasteiger partial charge in [-0.1, -0.05) is 26.2 Å². The molecule has 2 N–H and O–H groups in total. The fraction of sp³-hybridized carbons (Fsp3) is 0.909. The van der Waals surface area contributed by atoms with Crippen molar-refractivity contribution in [1.82, 2.24) is 10.6 Å². The zero-order chi connectivity index (χ0) is 9.86. The molecule has 80 valence electrons. The third-order valence-corrected chi connectivity index (χ3v) is 3.42. The van der Waals surface area contributed by atoms with Crippen molar-refractivity contribution >= 4 is 5.96 Å². The van der Waals surface area contributed by atoms with Crippen molar-refractivity contribution in [2.24, 2.45) is 10.4 Å². The molecule has 3 heteroatoms. The van der Waals surface area contributed by atoms with Crippen LogP contribution in [0.4, 0.5) is 0 Å². The Morgan fingerprint density at radius 2 is 2.14 bits per heavy atom. The van der Waals surface area contributed by atoms with Crippen molar-refractivity contribution in [1.29, 1.82) is 0 Å². The van der Waals surface area contributed by atoms with Gasteiger partial charge in [-0.05, 0) is 18.3 Å². The Kier molecular flexibility index (Phi) is 2.94. The van der Waals surface area contributed by atoms with Crippen LogP contribution in [0.3, 0.4) is 0 Å². The van der Waals surface area contributed by atoms with E-state index in [9.17, 15) is 0 Å². The molecule has 3 nitrogen and oxygen atoms in total. The molecule has 14 heavy (non-hydrogen) atoms. The first-order valence-corrected chi connectivity index (χ1v) is 5.81. The van der Waals surface area contributed by atoms with Crippen LogP contribution in [0.1, 0.15) is 39.0 Å². The topological polar surface area (TPSA) is 36.4 Å². The van der Waals surface area contributed by atoms with Crippen LogP contribution in [-0.2, 0) is 0 Å². The molecule has 0 aromatic rings. The zero-order valence-electron chi connectivity index (χ0n) is 9.10. The minimum absolute atomic E-state index is 0.505. The zero-order valence-corrected chi connectivity index (χ0v) is 9.10. The largest absolute Gasteiger partial charge is 0.356 e. The summed E-state index contributed by atoms with van der Waals surface area (Å²) in [5.41, 5.74) is 0.505. The summed E-state index contributed by atoms with van der Waals surface area (Å²) in [4.78, 5) is 4.35. The summed E-state index contributed by atoms with van der Waals surface area (Å²) in [5.74, 6) is 1.01. The summed E-state index contributed by atoms with van der Waals surface area (Å²) < 4.78 is 0. The van der Waals surface area contributed by atoms with Crippen molar-refractivity contribution in [2.45, 2.75) is 39.0 Å². The number of hydrogen-bond donors (Lipinski definition) is 2. The molecule has 1 heterocycles. The van der Waals surface area contributed by atoms with Gasteiger partial charge in [-0.15, -0.1) is 0 Å².